The summed E-state index contributed by atoms with van der Waals surface area (Å²) < 4.78 is 5.12. The Balaban J connectivity index is 1.89. The van der Waals surface area contributed by atoms with Crippen molar-refractivity contribution in [2.75, 3.05) is 5.32 Å². The number of H-pyrrole nitrogens is 1. The second kappa shape index (κ2) is 4.88. The van der Waals surface area contributed by atoms with E-state index in [1.54, 1.807) is 6.07 Å². The predicted octanol–water partition coefficient (Wildman–Crippen LogP) is 0.810. The Morgan fingerprint density at radius 1 is 1.35 bits per heavy atom. The zero-order chi connectivity index (χ0) is 13.9. The number of anilines is 1. The fourth-order valence-electron chi connectivity index (χ4n) is 1.62. The number of hydrogen-bond donors (Lipinski definition) is 2. The van der Waals surface area contributed by atoms with Gasteiger partial charge in [0.1, 0.15) is 0 Å². The number of hydrogen-bond acceptors (Lipinski definition) is 7. The maximum absolute atomic E-state index is 11.9. The average Bonchev–Trinajstić information content (AvgIpc) is 3.14. The second-order valence-corrected chi connectivity index (χ2v) is 3.96. The molecule has 0 bridgehead atoms. The van der Waals surface area contributed by atoms with E-state index < -0.39 is 5.91 Å². The molecule has 0 fully saturated rings. The molecule has 20 heavy (non-hydrogen) atoms. The van der Waals surface area contributed by atoms with Gasteiger partial charge in [0.25, 0.3) is 11.7 Å². The van der Waals surface area contributed by atoms with Crippen LogP contribution in [-0.2, 0) is 0 Å². The van der Waals surface area contributed by atoms with Gasteiger partial charge in [0.15, 0.2) is 0 Å². The van der Waals surface area contributed by atoms with Crippen molar-refractivity contribution in [2.24, 2.45) is 0 Å². The molecule has 0 radical (unpaired) electrons. The van der Waals surface area contributed by atoms with Gasteiger partial charge >= 0.3 is 0 Å². The fraction of sp³-hybridized carbons (Fsp3) is 0.0909. The van der Waals surface area contributed by atoms with Gasteiger partial charge in [-0.15, -0.1) is 20.4 Å². The van der Waals surface area contributed by atoms with Gasteiger partial charge in [-0.25, -0.2) is 0 Å². The molecule has 2 N–H and O–H groups in total. The smallest absolute Gasteiger partial charge is 0.297 e. The highest BCUT2D eigenvalue weighted by molar-refractivity contribution is 6.02. The maximum atomic E-state index is 11.9. The Bertz CT molecular complexity index is 721. The van der Waals surface area contributed by atoms with Crippen molar-refractivity contribution in [1.29, 1.82) is 0 Å². The molecule has 0 aliphatic heterocycles. The highest BCUT2D eigenvalue weighted by Gasteiger charge is 2.13. The standard InChI is InChI=1S/C11H9N7O2/c1-6-2-3-7(11-16-12-5-20-11)4-8(6)13-10(19)9-14-17-18-15-9/h2-5H,1H3,(H,13,19)(H,14,15,17,18). The van der Waals surface area contributed by atoms with Crippen LogP contribution >= 0.6 is 0 Å². The normalized spacial score (nSPS) is 10.4. The van der Waals surface area contributed by atoms with E-state index in [1.165, 1.54) is 6.39 Å². The lowest BCUT2D eigenvalue weighted by Gasteiger charge is -2.07. The first-order valence-electron chi connectivity index (χ1n) is 5.66. The molecule has 0 aliphatic rings. The molecule has 9 heteroatoms. The van der Waals surface area contributed by atoms with Gasteiger partial charge in [0, 0.05) is 11.3 Å². The van der Waals surface area contributed by atoms with E-state index in [9.17, 15) is 4.79 Å². The van der Waals surface area contributed by atoms with Gasteiger partial charge in [-0.1, -0.05) is 6.07 Å². The number of nitrogens with zero attached hydrogens (tertiary/aromatic N) is 5. The minimum absolute atomic E-state index is 0.0346. The summed E-state index contributed by atoms with van der Waals surface area (Å²) in [5.74, 6) is -0.114. The monoisotopic (exact) mass is 271 g/mol. The average molecular weight is 271 g/mol. The molecule has 2 aromatic heterocycles. The van der Waals surface area contributed by atoms with Gasteiger partial charge in [-0.2, -0.15) is 5.21 Å². The Kier molecular flexibility index (Phi) is 2.92. The number of aromatic nitrogens is 6. The van der Waals surface area contributed by atoms with Crippen LogP contribution in [0.1, 0.15) is 16.2 Å². The molecule has 1 aromatic carbocycles. The second-order valence-electron chi connectivity index (χ2n) is 3.96. The zero-order valence-electron chi connectivity index (χ0n) is 10.4. The zero-order valence-corrected chi connectivity index (χ0v) is 10.4. The molecule has 3 rings (SSSR count). The van der Waals surface area contributed by atoms with Gasteiger partial charge in [-0.05, 0) is 29.8 Å². The quantitative estimate of drug-likeness (QED) is 0.722. The van der Waals surface area contributed by atoms with E-state index in [4.69, 9.17) is 4.42 Å². The lowest BCUT2D eigenvalue weighted by atomic mass is 10.1. The molecule has 3 aromatic rings. The van der Waals surface area contributed by atoms with Crippen molar-refractivity contribution in [3.05, 3.63) is 36.0 Å². The minimum atomic E-state index is -0.454. The van der Waals surface area contributed by atoms with Crippen molar-refractivity contribution in [2.45, 2.75) is 6.92 Å². The van der Waals surface area contributed by atoms with Crippen molar-refractivity contribution in [1.82, 2.24) is 30.8 Å². The van der Waals surface area contributed by atoms with Gasteiger partial charge < -0.3 is 9.73 Å². The molecule has 0 saturated carbocycles. The topological polar surface area (TPSA) is 122 Å². The van der Waals surface area contributed by atoms with Crippen LogP contribution in [0.5, 0.6) is 0 Å². The van der Waals surface area contributed by atoms with Gasteiger partial charge in [0.05, 0.1) is 0 Å². The maximum Gasteiger partial charge on any atom is 0.297 e. The van der Waals surface area contributed by atoms with Crippen LogP contribution in [-0.4, -0.2) is 36.7 Å². The number of carbonyl (C=O) groups excluding carboxylic acids is 1. The minimum Gasteiger partial charge on any atom is -0.423 e. The van der Waals surface area contributed by atoms with Crippen LogP contribution in [0.3, 0.4) is 0 Å². The summed E-state index contributed by atoms with van der Waals surface area (Å²) in [6.07, 6.45) is 1.24. The van der Waals surface area contributed by atoms with E-state index >= 15 is 0 Å². The first kappa shape index (κ1) is 12.0. The third kappa shape index (κ3) is 2.23. The van der Waals surface area contributed by atoms with Gasteiger partial charge in [0.2, 0.25) is 12.3 Å². The molecule has 0 unspecified atom stereocenters. The molecule has 0 saturated heterocycles. The molecule has 9 nitrogen and oxygen atoms in total. The van der Waals surface area contributed by atoms with Crippen molar-refractivity contribution in [3.8, 4) is 11.5 Å². The molecular formula is C11H9N7O2. The van der Waals surface area contributed by atoms with Crippen LogP contribution in [0, 0.1) is 6.92 Å². The third-order valence-electron chi connectivity index (χ3n) is 2.64. The first-order valence-corrected chi connectivity index (χ1v) is 5.66. The number of amides is 1. The number of aromatic amines is 1. The van der Waals surface area contributed by atoms with E-state index in [0.717, 1.165) is 5.56 Å². The Morgan fingerprint density at radius 3 is 2.95 bits per heavy atom. The van der Waals surface area contributed by atoms with E-state index in [1.807, 2.05) is 19.1 Å². The summed E-state index contributed by atoms with van der Waals surface area (Å²) in [7, 11) is 0. The fourth-order valence-corrected chi connectivity index (χ4v) is 1.62. The molecule has 1 amide bonds. The molecule has 0 atom stereocenters. The summed E-state index contributed by atoms with van der Waals surface area (Å²) in [4.78, 5) is 11.9. The largest absolute Gasteiger partial charge is 0.423 e. The highest BCUT2D eigenvalue weighted by atomic mass is 16.4. The number of tetrazole rings is 1. The summed E-state index contributed by atoms with van der Waals surface area (Å²) >= 11 is 0. The third-order valence-corrected chi connectivity index (χ3v) is 2.64. The van der Waals surface area contributed by atoms with Crippen molar-refractivity contribution < 1.29 is 9.21 Å². The molecule has 0 spiro atoms. The number of aryl methyl sites for hydroxylation is 1. The number of carbonyl (C=O) groups is 1. The van der Waals surface area contributed by atoms with Crippen LogP contribution in [0.25, 0.3) is 11.5 Å². The van der Waals surface area contributed by atoms with Crippen LogP contribution in [0.2, 0.25) is 0 Å². The number of benzene rings is 1. The van der Waals surface area contributed by atoms with Crippen molar-refractivity contribution >= 4 is 11.6 Å². The van der Waals surface area contributed by atoms with Gasteiger partial charge in [-0.3, -0.25) is 4.79 Å². The highest BCUT2D eigenvalue weighted by Crippen LogP contribution is 2.24. The van der Waals surface area contributed by atoms with Crippen LogP contribution in [0.15, 0.2) is 29.0 Å². The first-order chi connectivity index (χ1) is 9.74. The summed E-state index contributed by atoms with van der Waals surface area (Å²) in [6.45, 7) is 1.86. The number of nitrogens with one attached hydrogen (secondary N) is 2. The van der Waals surface area contributed by atoms with E-state index in [0.29, 0.717) is 17.1 Å². The lowest BCUT2D eigenvalue weighted by Crippen LogP contribution is -2.14. The molecule has 0 aliphatic carbocycles. The SMILES string of the molecule is Cc1ccc(-c2nnco2)cc1NC(=O)c1nn[nH]n1. The summed E-state index contributed by atoms with van der Waals surface area (Å²) in [6, 6.07) is 5.40. The Morgan fingerprint density at radius 2 is 2.25 bits per heavy atom. The molecule has 2 heterocycles. The van der Waals surface area contributed by atoms with E-state index in [2.05, 4.69) is 36.1 Å². The Labute approximate surface area is 112 Å². The Hall–Kier alpha value is -3.10. The van der Waals surface area contributed by atoms with Crippen molar-refractivity contribution in [3.63, 3.8) is 0 Å². The van der Waals surface area contributed by atoms with Crippen LogP contribution < -0.4 is 5.32 Å². The molecule has 100 valence electrons. The predicted molar refractivity (Wildman–Crippen MR) is 66.6 cm³/mol. The lowest BCUT2D eigenvalue weighted by molar-refractivity contribution is 0.101. The van der Waals surface area contributed by atoms with Crippen LogP contribution in [0.4, 0.5) is 5.69 Å². The summed E-state index contributed by atoms with van der Waals surface area (Å²) in [5, 5.41) is 22.9. The van der Waals surface area contributed by atoms with E-state index in [-0.39, 0.29) is 5.82 Å². The number of rotatable bonds is 3. The molecular weight excluding hydrogens is 262 g/mol. The summed E-state index contributed by atoms with van der Waals surface area (Å²) in [5.41, 5.74) is 2.19.